The maximum absolute atomic E-state index is 12.2. The molecule has 0 aliphatic rings. The third-order valence-electron chi connectivity index (χ3n) is 6.06. The van der Waals surface area contributed by atoms with Crippen LogP contribution in [-0.4, -0.2) is 28.5 Å². The highest BCUT2D eigenvalue weighted by Gasteiger charge is 2.22. The van der Waals surface area contributed by atoms with Crippen molar-refractivity contribution in [3.8, 4) is 34.2 Å². The SMILES string of the molecule is CCCCC(Nc1c(C#N)c(-c2ccc(-c3ccccc3OCC)cc2)nc2cnccc12)C(N)=O. The topological polar surface area (TPSA) is 114 Å². The van der Waals surface area contributed by atoms with E-state index in [1.807, 2.05) is 55.5 Å². The standard InChI is InChI=1S/C29H29N5O2/c1-3-5-9-24(29(31)35)33-28-22-15-16-32-18-25(22)34-27(23(28)17-30)20-13-11-19(12-14-20)21-8-6-7-10-26(21)36-4-2/h6-8,10-16,18,24H,3-5,9H2,1-2H3,(H2,31,35)(H,33,34). The van der Waals surface area contributed by atoms with E-state index in [0.29, 0.717) is 35.5 Å². The highest BCUT2D eigenvalue weighted by molar-refractivity contribution is 5.99. The monoisotopic (exact) mass is 479 g/mol. The fraction of sp³-hybridized carbons (Fsp3) is 0.241. The van der Waals surface area contributed by atoms with E-state index in [0.717, 1.165) is 40.7 Å². The van der Waals surface area contributed by atoms with Crippen LogP contribution in [-0.2, 0) is 4.79 Å². The van der Waals surface area contributed by atoms with Gasteiger partial charge in [-0.2, -0.15) is 5.26 Å². The summed E-state index contributed by atoms with van der Waals surface area (Å²) in [7, 11) is 0. The van der Waals surface area contributed by atoms with Crippen LogP contribution in [0.1, 0.15) is 38.7 Å². The van der Waals surface area contributed by atoms with Gasteiger partial charge in [0.15, 0.2) is 0 Å². The smallest absolute Gasteiger partial charge is 0.239 e. The number of carbonyl (C=O) groups excluding carboxylic acids is 1. The zero-order chi connectivity index (χ0) is 25.5. The van der Waals surface area contributed by atoms with Gasteiger partial charge in [0.05, 0.1) is 29.7 Å². The highest BCUT2D eigenvalue weighted by Crippen LogP contribution is 2.36. The summed E-state index contributed by atoms with van der Waals surface area (Å²) in [5.41, 5.74) is 10.5. The number of benzene rings is 2. The number of hydrogen-bond acceptors (Lipinski definition) is 6. The number of para-hydroxylation sites is 1. The Bertz CT molecular complexity index is 1410. The molecule has 2 aromatic heterocycles. The number of carbonyl (C=O) groups is 1. The molecule has 7 nitrogen and oxygen atoms in total. The number of amides is 1. The number of rotatable bonds is 10. The lowest BCUT2D eigenvalue weighted by Crippen LogP contribution is -2.35. The molecule has 4 aromatic rings. The Hall–Kier alpha value is -4.44. The van der Waals surface area contributed by atoms with Gasteiger partial charge < -0.3 is 15.8 Å². The number of nitrogens with one attached hydrogen (secondary N) is 1. The van der Waals surface area contributed by atoms with E-state index in [1.165, 1.54) is 0 Å². The molecular formula is C29H29N5O2. The zero-order valence-electron chi connectivity index (χ0n) is 20.5. The molecule has 4 rings (SSSR count). The van der Waals surface area contributed by atoms with Crippen molar-refractivity contribution >= 4 is 22.5 Å². The van der Waals surface area contributed by atoms with Crippen LogP contribution in [0, 0.1) is 11.3 Å². The Labute approximate surface area is 211 Å². The molecule has 0 aliphatic heterocycles. The van der Waals surface area contributed by atoms with Crippen LogP contribution in [0.5, 0.6) is 5.75 Å². The molecule has 0 fully saturated rings. The Morgan fingerprint density at radius 3 is 2.56 bits per heavy atom. The lowest BCUT2D eigenvalue weighted by atomic mass is 9.98. The van der Waals surface area contributed by atoms with Crippen LogP contribution in [0.25, 0.3) is 33.3 Å². The van der Waals surface area contributed by atoms with Gasteiger partial charge in [-0.25, -0.2) is 4.98 Å². The van der Waals surface area contributed by atoms with Gasteiger partial charge in [0, 0.05) is 22.7 Å². The minimum absolute atomic E-state index is 0.360. The molecule has 0 saturated heterocycles. The van der Waals surface area contributed by atoms with Crippen molar-refractivity contribution in [2.45, 2.75) is 39.2 Å². The van der Waals surface area contributed by atoms with E-state index in [4.69, 9.17) is 15.5 Å². The Kier molecular flexibility index (Phi) is 7.76. The number of ether oxygens (including phenoxy) is 1. The summed E-state index contributed by atoms with van der Waals surface area (Å²) in [5, 5.41) is 14.2. The van der Waals surface area contributed by atoms with Crippen molar-refractivity contribution in [3.63, 3.8) is 0 Å². The Balaban J connectivity index is 1.81. The molecule has 2 aromatic carbocycles. The molecule has 0 saturated carbocycles. The van der Waals surface area contributed by atoms with E-state index in [1.54, 1.807) is 18.5 Å². The van der Waals surface area contributed by atoms with Gasteiger partial charge in [0.25, 0.3) is 0 Å². The number of nitrogens with zero attached hydrogens (tertiary/aromatic N) is 3. The average molecular weight is 480 g/mol. The van der Waals surface area contributed by atoms with E-state index in [-0.39, 0.29) is 0 Å². The van der Waals surface area contributed by atoms with Gasteiger partial charge in [-0.05, 0) is 31.0 Å². The number of anilines is 1. The minimum atomic E-state index is -0.596. The van der Waals surface area contributed by atoms with Crippen LogP contribution < -0.4 is 15.8 Å². The summed E-state index contributed by atoms with van der Waals surface area (Å²) in [6.07, 6.45) is 5.65. The van der Waals surface area contributed by atoms with Crippen molar-refractivity contribution in [2.75, 3.05) is 11.9 Å². The summed E-state index contributed by atoms with van der Waals surface area (Å²) < 4.78 is 5.78. The molecule has 1 atom stereocenters. The van der Waals surface area contributed by atoms with Gasteiger partial charge in [0.1, 0.15) is 23.4 Å². The Morgan fingerprint density at radius 2 is 1.86 bits per heavy atom. The van der Waals surface area contributed by atoms with Gasteiger partial charge in [-0.1, -0.05) is 62.2 Å². The molecule has 7 heteroatoms. The first kappa shape index (κ1) is 24.7. The number of primary amides is 1. The maximum atomic E-state index is 12.2. The fourth-order valence-corrected chi connectivity index (χ4v) is 4.25. The predicted octanol–water partition coefficient (Wildman–Crippen LogP) is 5.69. The largest absolute Gasteiger partial charge is 0.493 e. The number of fused-ring (bicyclic) bond motifs is 1. The number of hydrogen-bond donors (Lipinski definition) is 2. The van der Waals surface area contributed by atoms with Crippen molar-refractivity contribution in [3.05, 3.63) is 72.6 Å². The molecule has 36 heavy (non-hydrogen) atoms. The highest BCUT2D eigenvalue weighted by atomic mass is 16.5. The summed E-state index contributed by atoms with van der Waals surface area (Å²) in [6.45, 7) is 4.59. The third kappa shape index (κ3) is 5.13. The number of aromatic nitrogens is 2. The molecule has 1 unspecified atom stereocenters. The van der Waals surface area contributed by atoms with Gasteiger partial charge in [0.2, 0.25) is 5.91 Å². The summed E-state index contributed by atoms with van der Waals surface area (Å²) in [6, 6.07) is 19.3. The quantitative estimate of drug-likeness (QED) is 0.302. The lowest BCUT2D eigenvalue weighted by molar-refractivity contribution is -0.118. The van der Waals surface area contributed by atoms with Crippen LogP contribution in [0.4, 0.5) is 5.69 Å². The Morgan fingerprint density at radius 1 is 1.11 bits per heavy atom. The lowest BCUT2D eigenvalue weighted by Gasteiger charge is -2.20. The summed E-state index contributed by atoms with van der Waals surface area (Å²) in [5.74, 6) is 0.363. The molecule has 1 amide bonds. The maximum Gasteiger partial charge on any atom is 0.239 e. The van der Waals surface area contributed by atoms with Crippen molar-refractivity contribution < 1.29 is 9.53 Å². The average Bonchev–Trinajstić information content (AvgIpc) is 2.91. The molecule has 0 radical (unpaired) electrons. The zero-order valence-corrected chi connectivity index (χ0v) is 20.5. The van der Waals surface area contributed by atoms with Crippen molar-refractivity contribution in [2.24, 2.45) is 5.73 Å². The van der Waals surface area contributed by atoms with Gasteiger partial charge in [-0.3, -0.25) is 9.78 Å². The second-order valence-electron chi connectivity index (χ2n) is 8.46. The van der Waals surface area contributed by atoms with Gasteiger partial charge >= 0.3 is 0 Å². The van der Waals surface area contributed by atoms with Crippen LogP contribution in [0.2, 0.25) is 0 Å². The minimum Gasteiger partial charge on any atom is -0.493 e. The van der Waals surface area contributed by atoms with Gasteiger partial charge in [-0.15, -0.1) is 0 Å². The third-order valence-corrected chi connectivity index (χ3v) is 6.06. The molecule has 0 spiro atoms. The number of unbranched alkanes of at least 4 members (excludes halogenated alkanes) is 1. The van der Waals surface area contributed by atoms with Crippen LogP contribution >= 0.6 is 0 Å². The number of nitriles is 1. The molecule has 3 N–H and O–H groups in total. The van der Waals surface area contributed by atoms with Crippen LogP contribution in [0.3, 0.4) is 0 Å². The fourth-order valence-electron chi connectivity index (χ4n) is 4.25. The normalized spacial score (nSPS) is 11.6. The van der Waals surface area contributed by atoms with Crippen molar-refractivity contribution in [1.82, 2.24) is 9.97 Å². The summed E-state index contributed by atoms with van der Waals surface area (Å²) in [4.78, 5) is 21.2. The predicted molar refractivity (Wildman–Crippen MR) is 142 cm³/mol. The second kappa shape index (κ2) is 11.3. The molecule has 2 heterocycles. The number of pyridine rings is 2. The van der Waals surface area contributed by atoms with E-state index < -0.39 is 11.9 Å². The molecule has 182 valence electrons. The van der Waals surface area contributed by atoms with Crippen LogP contribution in [0.15, 0.2) is 67.0 Å². The first-order valence-electron chi connectivity index (χ1n) is 12.1. The molecule has 0 aliphatic carbocycles. The summed E-state index contributed by atoms with van der Waals surface area (Å²) >= 11 is 0. The van der Waals surface area contributed by atoms with E-state index >= 15 is 0 Å². The van der Waals surface area contributed by atoms with Crippen molar-refractivity contribution in [1.29, 1.82) is 5.26 Å². The van der Waals surface area contributed by atoms with E-state index in [2.05, 4.69) is 23.3 Å². The molecular weight excluding hydrogens is 450 g/mol. The van der Waals surface area contributed by atoms with E-state index in [9.17, 15) is 10.1 Å². The first-order chi connectivity index (χ1) is 17.6. The number of nitrogens with two attached hydrogens (primary N) is 1. The second-order valence-corrected chi connectivity index (χ2v) is 8.46. The molecule has 0 bridgehead atoms. The first-order valence-corrected chi connectivity index (χ1v) is 12.1.